The molecule has 1 aromatic carbocycles. The molecule has 0 saturated heterocycles. The average molecular weight is 235 g/mol. The molecule has 2 aromatic rings. The van der Waals surface area contributed by atoms with E-state index in [1.807, 2.05) is 19.1 Å². The molecule has 0 radical (unpaired) electrons. The Morgan fingerprint density at radius 3 is 2.62 bits per heavy atom. The Kier molecular flexibility index (Phi) is 3.01. The highest BCUT2D eigenvalue weighted by atomic mass is 35.5. The van der Waals surface area contributed by atoms with Crippen LogP contribution < -0.4 is 5.32 Å². The third-order valence-electron chi connectivity index (χ3n) is 2.61. The first-order chi connectivity index (χ1) is 7.61. The highest BCUT2D eigenvalue weighted by Crippen LogP contribution is 2.25. The van der Waals surface area contributed by atoms with E-state index in [1.165, 1.54) is 0 Å². The molecule has 0 aliphatic rings. The quantitative estimate of drug-likeness (QED) is 0.852. The number of benzene rings is 1. The van der Waals surface area contributed by atoms with Crippen molar-refractivity contribution < 1.29 is 0 Å². The van der Waals surface area contributed by atoms with Crippen molar-refractivity contribution in [1.82, 2.24) is 4.98 Å². The van der Waals surface area contributed by atoms with Crippen LogP contribution >= 0.6 is 11.6 Å². The second-order valence-electron chi connectivity index (χ2n) is 3.98. The second kappa shape index (κ2) is 4.30. The molecule has 0 aliphatic carbocycles. The molecule has 84 valence electrons. The van der Waals surface area contributed by atoms with Gasteiger partial charge in [0.1, 0.15) is 5.82 Å². The van der Waals surface area contributed by atoms with Gasteiger partial charge >= 0.3 is 0 Å². The highest BCUT2D eigenvalue weighted by molar-refractivity contribution is 6.31. The minimum absolute atomic E-state index is 0.766. The van der Waals surface area contributed by atoms with Crippen LogP contribution in [0.3, 0.4) is 0 Å². The largest absolute Gasteiger partial charge is 0.370 e. The number of fused-ring (bicyclic) bond motifs is 1. The van der Waals surface area contributed by atoms with Crippen LogP contribution in [0.2, 0.25) is 5.02 Å². The van der Waals surface area contributed by atoms with Crippen molar-refractivity contribution in [3.63, 3.8) is 0 Å². The fourth-order valence-electron chi connectivity index (χ4n) is 1.87. The Morgan fingerprint density at radius 1 is 1.19 bits per heavy atom. The molecule has 1 heterocycles. The van der Waals surface area contributed by atoms with E-state index in [-0.39, 0.29) is 0 Å². The fraction of sp³-hybridized carbons (Fsp3) is 0.308. The van der Waals surface area contributed by atoms with Crippen LogP contribution in [0, 0.1) is 13.8 Å². The monoisotopic (exact) mass is 234 g/mol. The first kappa shape index (κ1) is 11.2. The lowest BCUT2D eigenvalue weighted by Gasteiger charge is -2.10. The number of nitrogens with zero attached hydrogens (tertiary/aromatic N) is 1. The zero-order chi connectivity index (χ0) is 11.7. The summed E-state index contributed by atoms with van der Waals surface area (Å²) in [6.07, 6.45) is 0. The molecule has 0 bridgehead atoms. The van der Waals surface area contributed by atoms with Crippen molar-refractivity contribution in [2.24, 2.45) is 0 Å². The number of pyridine rings is 1. The van der Waals surface area contributed by atoms with Crippen molar-refractivity contribution in [3.05, 3.63) is 34.3 Å². The Bertz CT molecular complexity index is 535. The molecule has 0 spiro atoms. The standard InChI is InChI=1S/C13H15ClN2/c1-4-15-13-9(3)5-10-7-11(14)6-8(2)12(10)16-13/h5-7H,4H2,1-3H3,(H,15,16). The van der Waals surface area contributed by atoms with Crippen LogP contribution in [-0.2, 0) is 0 Å². The zero-order valence-corrected chi connectivity index (χ0v) is 10.5. The van der Waals surface area contributed by atoms with Gasteiger partial charge in [-0.2, -0.15) is 0 Å². The number of nitrogens with one attached hydrogen (secondary N) is 1. The maximum atomic E-state index is 6.03. The zero-order valence-electron chi connectivity index (χ0n) is 9.76. The van der Waals surface area contributed by atoms with Gasteiger partial charge in [-0.1, -0.05) is 11.6 Å². The summed E-state index contributed by atoms with van der Waals surface area (Å²) in [5, 5.41) is 5.13. The van der Waals surface area contributed by atoms with Crippen LogP contribution in [-0.4, -0.2) is 11.5 Å². The van der Waals surface area contributed by atoms with Gasteiger partial charge in [-0.3, -0.25) is 0 Å². The molecule has 0 amide bonds. The number of anilines is 1. The average Bonchev–Trinajstić information content (AvgIpc) is 2.20. The van der Waals surface area contributed by atoms with Gasteiger partial charge in [0, 0.05) is 17.0 Å². The summed E-state index contributed by atoms with van der Waals surface area (Å²) in [6.45, 7) is 7.04. The van der Waals surface area contributed by atoms with Gasteiger partial charge in [0.25, 0.3) is 0 Å². The summed E-state index contributed by atoms with van der Waals surface area (Å²) in [5.41, 5.74) is 3.28. The minimum atomic E-state index is 0.766. The van der Waals surface area contributed by atoms with Crippen molar-refractivity contribution in [1.29, 1.82) is 0 Å². The van der Waals surface area contributed by atoms with Crippen LogP contribution in [0.4, 0.5) is 5.82 Å². The smallest absolute Gasteiger partial charge is 0.129 e. The second-order valence-corrected chi connectivity index (χ2v) is 4.42. The van der Waals surface area contributed by atoms with E-state index in [0.29, 0.717) is 0 Å². The molecule has 0 aliphatic heterocycles. The maximum absolute atomic E-state index is 6.03. The topological polar surface area (TPSA) is 24.9 Å². The van der Waals surface area contributed by atoms with Gasteiger partial charge in [-0.25, -0.2) is 4.98 Å². The van der Waals surface area contributed by atoms with Crippen molar-refractivity contribution in [2.75, 3.05) is 11.9 Å². The Morgan fingerprint density at radius 2 is 1.94 bits per heavy atom. The number of rotatable bonds is 2. The summed E-state index contributed by atoms with van der Waals surface area (Å²) in [7, 11) is 0. The minimum Gasteiger partial charge on any atom is -0.370 e. The number of halogens is 1. The van der Waals surface area contributed by atoms with E-state index < -0.39 is 0 Å². The first-order valence-corrected chi connectivity index (χ1v) is 5.81. The normalized spacial score (nSPS) is 10.8. The number of hydrogen-bond donors (Lipinski definition) is 1. The van der Waals surface area contributed by atoms with E-state index in [9.17, 15) is 0 Å². The summed E-state index contributed by atoms with van der Waals surface area (Å²) in [4.78, 5) is 4.64. The van der Waals surface area contributed by atoms with Gasteiger partial charge in [0.2, 0.25) is 0 Å². The molecule has 1 aromatic heterocycles. The predicted octanol–water partition coefficient (Wildman–Crippen LogP) is 3.94. The first-order valence-electron chi connectivity index (χ1n) is 5.43. The number of hydrogen-bond acceptors (Lipinski definition) is 2. The molecule has 2 rings (SSSR count). The van der Waals surface area contributed by atoms with Gasteiger partial charge < -0.3 is 5.32 Å². The number of aromatic nitrogens is 1. The van der Waals surface area contributed by atoms with Gasteiger partial charge in [0.05, 0.1) is 5.52 Å². The van der Waals surface area contributed by atoms with Crippen LogP contribution in [0.1, 0.15) is 18.1 Å². The van der Waals surface area contributed by atoms with Gasteiger partial charge in [-0.15, -0.1) is 0 Å². The highest BCUT2D eigenvalue weighted by Gasteiger charge is 2.05. The van der Waals surface area contributed by atoms with Gasteiger partial charge in [0.15, 0.2) is 0 Å². The summed E-state index contributed by atoms with van der Waals surface area (Å²) >= 11 is 6.03. The van der Waals surface area contributed by atoms with Crippen molar-refractivity contribution in [2.45, 2.75) is 20.8 Å². The molecule has 0 saturated carbocycles. The molecule has 0 fully saturated rings. The predicted molar refractivity (Wildman–Crippen MR) is 70.4 cm³/mol. The van der Waals surface area contributed by atoms with Crippen LogP contribution in [0.15, 0.2) is 18.2 Å². The van der Waals surface area contributed by atoms with Crippen LogP contribution in [0.5, 0.6) is 0 Å². The van der Waals surface area contributed by atoms with E-state index >= 15 is 0 Å². The van der Waals surface area contributed by atoms with E-state index in [4.69, 9.17) is 11.6 Å². The molecular weight excluding hydrogens is 220 g/mol. The molecule has 3 heteroatoms. The van der Waals surface area contributed by atoms with Crippen molar-refractivity contribution >= 4 is 28.3 Å². The lowest BCUT2D eigenvalue weighted by Crippen LogP contribution is -2.02. The Hall–Kier alpha value is -1.28. The van der Waals surface area contributed by atoms with E-state index in [2.05, 4.69) is 30.2 Å². The molecule has 0 atom stereocenters. The Labute approximate surface area is 101 Å². The van der Waals surface area contributed by atoms with Crippen LogP contribution in [0.25, 0.3) is 10.9 Å². The number of aryl methyl sites for hydroxylation is 2. The van der Waals surface area contributed by atoms with E-state index in [1.54, 1.807) is 0 Å². The van der Waals surface area contributed by atoms with Gasteiger partial charge in [-0.05, 0) is 50.1 Å². The SMILES string of the molecule is CCNc1nc2c(C)cc(Cl)cc2cc1C. The Balaban J connectivity index is 2.69. The third-order valence-corrected chi connectivity index (χ3v) is 2.83. The lowest BCUT2D eigenvalue weighted by atomic mass is 10.1. The molecule has 16 heavy (non-hydrogen) atoms. The lowest BCUT2D eigenvalue weighted by molar-refractivity contribution is 1.15. The summed E-state index contributed by atoms with van der Waals surface area (Å²) in [5.74, 6) is 0.959. The summed E-state index contributed by atoms with van der Waals surface area (Å²) in [6, 6.07) is 6.03. The van der Waals surface area contributed by atoms with E-state index in [0.717, 1.165) is 39.4 Å². The molecular formula is C13H15ClN2. The molecule has 0 unspecified atom stereocenters. The summed E-state index contributed by atoms with van der Waals surface area (Å²) < 4.78 is 0. The maximum Gasteiger partial charge on any atom is 0.129 e. The molecule has 1 N–H and O–H groups in total. The third kappa shape index (κ3) is 1.98. The van der Waals surface area contributed by atoms with Crippen molar-refractivity contribution in [3.8, 4) is 0 Å². The molecule has 2 nitrogen and oxygen atoms in total. The fourth-order valence-corrected chi connectivity index (χ4v) is 2.15.